The molecule has 2 nitrogen and oxygen atoms in total. The number of aliphatic hydroxyl groups is 1. The lowest BCUT2D eigenvalue weighted by Crippen LogP contribution is -2.47. The second-order valence-electron chi connectivity index (χ2n) is 7.36. The Morgan fingerprint density at radius 1 is 1.30 bits per heavy atom. The van der Waals surface area contributed by atoms with Gasteiger partial charge in [0.2, 0.25) is 0 Å². The van der Waals surface area contributed by atoms with Gasteiger partial charge in [0.1, 0.15) is 0 Å². The third-order valence-electron chi connectivity index (χ3n) is 6.40. The standard InChI is InChI=1S/C18H22O2/c1-18-8-3-5-13(18)17-12(7-9-18)16-11(10-15(17)20)4-2-6-14(16)19/h2,4,6,10,12-13,16-17,19H,3,5,7-9H2,1H3/t12-,13+,16+,17-,18+/m1/s1. The molecule has 4 aliphatic rings. The minimum atomic E-state index is 0.0767. The summed E-state index contributed by atoms with van der Waals surface area (Å²) in [6.45, 7) is 2.38. The number of hydrogen-bond acceptors (Lipinski definition) is 2. The number of aliphatic hydroxyl groups excluding tert-OH is 1. The Labute approximate surface area is 120 Å². The van der Waals surface area contributed by atoms with Crippen molar-refractivity contribution in [3.8, 4) is 0 Å². The van der Waals surface area contributed by atoms with E-state index in [1.54, 1.807) is 6.08 Å². The van der Waals surface area contributed by atoms with Gasteiger partial charge in [-0.05, 0) is 60.7 Å². The van der Waals surface area contributed by atoms with E-state index in [-0.39, 0.29) is 11.8 Å². The predicted octanol–water partition coefficient (Wildman–Crippen LogP) is 3.96. The summed E-state index contributed by atoms with van der Waals surface area (Å²) in [4.78, 5) is 12.7. The Morgan fingerprint density at radius 3 is 3.00 bits per heavy atom. The zero-order valence-electron chi connectivity index (χ0n) is 12.0. The van der Waals surface area contributed by atoms with Crippen LogP contribution in [0.15, 0.2) is 35.6 Å². The molecule has 2 fully saturated rings. The van der Waals surface area contributed by atoms with Crippen molar-refractivity contribution in [1.29, 1.82) is 0 Å². The topological polar surface area (TPSA) is 37.3 Å². The van der Waals surface area contributed by atoms with Crippen LogP contribution in [0.1, 0.15) is 39.0 Å². The summed E-state index contributed by atoms with van der Waals surface area (Å²) in [5.74, 6) is 1.85. The Morgan fingerprint density at radius 2 is 2.15 bits per heavy atom. The first-order valence-electron chi connectivity index (χ1n) is 7.93. The van der Waals surface area contributed by atoms with Crippen LogP contribution in [-0.2, 0) is 4.79 Å². The maximum Gasteiger partial charge on any atom is 0.159 e. The van der Waals surface area contributed by atoms with Crippen molar-refractivity contribution >= 4 is 5.78 Å². The summed E-state index contributed by atoms with van der Waals surface area (Å²) in [5.41, 5.74) is 1.39. The van der Waals surface area contributed by atoms with Gasteiger partial charge in [-0.2, -0.15) is 0 Å². The van der Waals surface area contributed by atoms with Crippen LogP contribution in [0.25, 0.3) is 0 Å². The van der Waals surface area contributed by atoms with Crippen LogP contribution < -0.4 is 0 Å². The molecule has 4 aliphatic carbocycles. The molecule has 106 valence electrons. The summed E-state index contributed by atoms with van der Waals surface area (Å²) in [6.07, 6.45) is 13.5. The van der Waals surface area contributed by atoms with Crippen LogP contribution in [0.5, 0.6) is 0 Å². The number of rotatable bonds is 0. The maximum atomic E-state index is 12.7. The van der Waals surface area contributed by atoms with Gasteiger partial charge in [-0.1, -0.05) is 25.5 Å². The molecule has 0 radical (unpaired) electrons. The molecule has 0 unspecified atom stereocenters. The number of hydrogen-bond donors (Lipinski definition) is 1. The molecule has 2 heteroatoms. The second-order valence-corrected chi connectivity index (χ2v) is 7.36. The van der Waals surface area contributed by atoms with Crippen LogP contribution in [-0.4, -0.2) is 10.9 Å². The first-order chi connectivity index (χ1) is 9.60. The third kappa shape index (κ3) is 1.54. The average Bonchev–Trinajstić information content (AvgIpc) is 2.80. The summed E-state index contributed by atoms with van der Waals surface area (Å²) < 4.78 is 0. The zero-order chi connectivity index (χ0) is 13.9. The lowest BCUT2D eigenvalue weighted by atomic mass is 9.53. The molecule has 0 amide bonds. The normalized spacial score (nSPS) is 46.1. The van der Waals surface area contributed by atoms with Crippen molar-refractivity contribution in [2.24, 2.45) is 29.1 Å². The third-order valence-corrected chi connectivity index (χ3v) is 6.40. The molecule has 0 aromatic heterocycles. The first kappa shape index (κ1) is 12.4. The molecule has 0 heterocycles. The van der Waals surface area contributed by atoms with E-state index in [9.17, 15) is 9.90 Å². The van der Waals surface area contributed by atoms with Crippen LogP contribution in [0.2, 0.25) is 0 Å². The van der Waals surface area contributed by atoms with E-state index >= 15 is 0 Å². The average molecular weight is 270 g/mol. The van der Waals surface area contributed by atoms with E-state index in [0.29, 0.717) is 28.8 Å². The summed E-state index contributed by atoms with van der Waals surface area (Å²) in [6, 6.07) is 0. The minimum absolute atomic E-state index is 0.0767. The van der Waals surface area contributed by atoms with Gasteiger partial charge in [-0.15, -0.1) is 0 Å². The lowest BCUT2D eigenvalue weighted by molar-refractivity contribution is -0.128. The minimum Gasteiger partial charge on any atom is -0.512 e. The van der Waals surface area contributed by atoms with Gasteiger partial charge in [-0.3, -0.25) is 4.79 Å². The van der Waals surface area contributed by atoms with Gasteiger partial charge >= 0.3 is 0 Å². The molecule has 0 saturated heterocycles. The molecular weight excluding hydrogens is 248 g/mol. The molecule has 0 spiro atoms. The van der Waals surface area contributed by atoms with Crippen molar-refractivity contribution in [2.75, 3.05) is 0 Å². The molecule has 2 saturated carbocycles. The van der Waals surface area contributed by atoms with E-state index in [1.807, 2.05) is 18.2 Å². The van der Waals surface area contributed by atoms with E-state index in [1.165, 1.54) is 25.7 Å². The highest BCUT2D eigenvalue weighted by atomic mass is 16.3. The van der Waals surface area contributed by atoms with Crippen LogP contribution in [0.4, 0.5) is 0 Å². The summed E-state index contributed by atoms with van der Waals surface area (Å²) in [7, 11) is 0. The number of ketones is 1. The van der Waals surface area contributed by atoms with Crippen molar-refractivity contribution < 1.29 is 9.90 Å². The maximum absolute atomic E-state index is 12.7. The van der Waals surface area contributed by atoms with Gasteiger partial charge in [0, 0.05) is 11.8 Å². The fraction of sp³-hybridized carbons (Fsp3) is 0.611. The number of fused-ring (bicyclic) bond motifs is 5. The summed E-state index contributed by atoms with van der Waals surface area (Å²) >= 11 is 0. The Balaban J connectivity index is 1.78. The molecule has 0 bridgehead atoms. The zero-order valence-corrected chi connectivity index (χ0v) is 12.0. The van der Waals surface area contributed by atoms with E-state index in [2.05, 4.69) is 6.92 Å². The second kappa shape index (κ2) is 4.09. The Hall–Kier alpha value is -1.31. The van der Waals surface area contributed by atoms with Crippen LogP contribution in [0.3, 0.4) is 0 Å². The van der Waals surface area contributed by atoms with Crippen molar-refractivity contribution in [3.63, 3.8) is 0 Å². The number of allylic oxidation sites excluding steroid dienone is 5. The number of carbonyl (C=O) groups excluding carboxylic acids is 1. The molecule has 20 heavy (non-hydrogen) atoms. The fourth-order valence-electron chi connectivity index (χ4n) is 5.44. The van der Waals surface area contributed by atoms with Crippen LogP contribution in [0, 0.1) is 29.1 Å². The fourth-order valence-corrected chi connectivity index (χ4v) is 5.44. The van der Waals surface area contributed by atoms with Crippen molar-refractivity contribution in [3.05, 3.63) is 35.6 Å². The lowest BCUT2D eigenvalue weighted by Gasteiger charge is -2.50. The molecule has 1 N–H and O–H groups in total. The molecule has 0 aliphatic heterocycles. The van der Waals surface area contributed by atoms with Crippen LogP contribution >= 0.6 is 0 Å². The highest BCUT2D eigenvalue weighted by Gasteiger charge is 2.54. The SMILES string of the molecule is C[C@@]12CCC[C@H]1[C@@H]1C(=O)C=C3C=CC=C(O)[C@@H]3[C@H]1CC2. The van der Waals surface area contributed by atoms with Gasteiger partial charge in [0.25, 0.3) is 0 Å². The molecule has 5 atom stereocenters. The molecular formula is C18H22O2. The number of carbonyl (C=O) groups is 1. The van der Waals surface area contributed by atoms with E-state index in [0.717, 1.165) is 12.0 Å². The van der Waals surface area contributed by atoms with Gasteiger partial charge in [-0.25, -0.2) is 0 Å². The smallest absolute Gasteiger partial charge is 0.159 e. The summed E-state index contributed by atoms with van der Waals surface area (Å²) in [5, 5.41) is 10.3. The van der Waals surface area contributed by atoms with Crippen molar-refractivity contribution in [1.82, 2.24) is 0 Å². The van der Waals surface area contributed by atoms with Crippen molar-refractivity contribution in [2.45, 2.75) is 39.0 Å². The highest BCUT2D eigenvalue weighted by Crippen LogP contribution is 2.60. The molecule has 0 aromatic carbocycles. The largest absolute Gasteiger partial charge is 0.512 e. The van der Waals surface area contributed by atoms with Gasteiger partial charge < -0.3 is 5.11 Å². The Bertz CT molecular complexity index is 554. The van der Waals surface area contributed by atoms with Gasteiger partial charge in [0.15, 0.2) is 5.78 Å². The quantitative estimate of drug-likeness (QED) is 0.723. The predicted molar refractivity (Wildman–Crippen MR) is 78.1 cm³/mol. The van der Waals surface area contributed by atoms with E-state index < -0.39 is 0 Å². The molecule has 0 aromatic rings. The van der Waals surface area contributed by atoms with E-state index in [4.69, 9.17) is 0 Å². The molecule has 4 rings (SSSR count). The first-order valence-corrected chi connectivity index (χ1v) is 7.93. The monoisotopic (exact) mass is 270 g/mol. The highest BCUT2D eigenvalue weighted by molar-refractivity contribution is 5.95. The Kier molecular flexibility index (Phi) is 2.55. The van der Waals surface area contributed by atoms with Gasteiger partial charge in [0.05, 0.1) is 5.76 Å².